The van der Waals surface area contributed by atoms with Gasteiger partial charge in [-0.1, -0.05) is 44.4 Å². The third-order valence-corrected chi connectivity index (χ3v) is 2.98. The summed E-state index contributed by atoms with van der Waals surface area (Å²) >= 11 is 0. The Kier molecular flexibility index (Phi) is 4.37. The molecule has 90 valence electrons. The van der Waals surface area contributed by atoms with Crippen molar-refractivity contribution in [2.45, 2.75) is 39.0 Å². The molecule has 2 aromatic rings. The Morgan fingerprint density at radius 1 is 1.06 bits per heavy atom. The summed E-state index contributed by atoms with van der Waals surface area (Å²) in [7, 11) is 0. The lowest BCUT2D eigenvalue weighted by molar-refractivity contribution is 0.667. The number of unbranched alkanes of at least 4 members (excludes halogenated alkanes) is 3. The van der Waals surface area contributed by atoms with E-state index in [1.54, 1.807) is 0 Å². The minimum absolute atomic E-state index is 1.13. The number of rotatable bonds is 6. The SMILES string of the molecule is CCCCCCc1cnn(-c2ccccc2)c1. The summed E-state index contributed by atoms with van der Waals surface area (Å²) in [4.78, 5) is 0. The second-order valence-electron chi connectivity index (χ2n) is 4.44. The van der Waals surface area contributed by atoms with Gasteiger partial charge in [-0.05, 0) is 30.5 Å². The van der Waals surface area contributed by atoms with Crippen LogP contribution < -0.4 is 0 Å². The average Bonchev–Trinajstić information content (AvgIpc) is 2.85. The van der Waals surface area contributed by atoms with E-state index in [2.05, 4.69) is 30.4 Å². The van der Waals surface area contributed by atoms with Crippen molar-refractivity contribution in [1.82, 2.24) is 9.78 Å². The minimum atomic E-state index is 1.13. The Bertz CT molecular complexity index is 431. The van der Waals surface area contributed by atoms with Crippen LogP contribution in [-0.4, -0.2) is 9.78 Å². The van der Waals surface area contributed by atoms with E-state index in [1.165, 1.54) is 31.2 Å². The molecule has 1 aromatic heterocycles. The van der Waals surface area contributed by atoms with E-state index >= 15 is 0 Å². The van der Waals surface area contributed by atoms with Crippen LogP contribution in [0.25, 0.3) is 5.69 Å². The van der Waals surface area contributed by atoms with E-state index in [1.807, 2.05) is 29.1 Å². The summed E-state index contributed by atoms with van der Waals surface area (Å²) in [5, 5.41) is 4.40. The lowest BCUT2D eigenvalue weighted by atomic mass is 10.1. The molecule has 0 spiro atoms. The van der Waals surface area contributed by atoms with Crippen molar-refractivity contribution >= 4 is 0 Å². The predicted molar refractivity (Wildman–Crippen MR) is 71.4 cm³/mol. The molecule has 0 unspecified atom stereocenters. The van der Waals surface area contributed by atoms with Crippen LogP contribution in [0.2, 0.25) is 0 Å². The number of hydrogen-bond donors (Lipinski definition) is 0. The van der Waals surface area contributed by atoms with Crippen LogP contribution in [0.3, 0.4) is 0 Å². The predicted octanol–water partition coefficient (Wildman–Crippen LogP) is 4.00. The molecule has 0 saturated carbocycles. The fourth-order valence-electron chi connectivity index (χ4n) is 1.97. The minimum Gasteiger partial charge on any atom is -0.241 e. The first-order chi connectivity index (χ1) is 8.40. The summed E-state index contributed by atoms with van der Waals surface area (Å²) in [5.41, 5.74) is 2.47. The van der Waals surface area contributed by atoms with Crippen molar-refractivity contribution in [3.8, 4) is 5.69 Å². The van der Waals surface area contributed by atoms with Gasteiger partial charge in [0, 0.05) is 6.20 Å². The van der Waals surface area contributed by atoms with Crippen LogP contribution in [0.5, 0.6) is 0 Å². The molecule has 0 aliphatic heterocycles. The van der Waals surface area contributed by atoms with Gasteiger partial charge >= 0.3 is 0 Å². The number of nitrogens with zero attached hydrogens (tertiary/aromatic N) is 2. The number of para-hydroxylation sites is 1. The van der Waals surface area contributed by atoms with Gasteiger partial charge in [-0.2, -0.15) is 5.10 Å². The van der Waals surface area contributed by atoms with Gasteiger partial charge in [0.1, 0.15) is 0 Å². The lowest BCUT2D eigenvalue weighted by Gasteiger charge is -1.99. The molecule has 2 heteroatoms. The first kappa shape index (κ1) is 11.9. The molecule has 2 rings (SSSR count). The Hall–Kier alpha value is -1.57. The Morgan fingerprint density at radius 2 is 1.88 bits per heavy atom. The molecule has 0 atom stereocenters. The molecule has 17 heavy (non-hydrogen) atoms. The van der Waals surface area contributed by atoms with Crippen LogP contribution in [0.15, 0.2) is 42.7 Å². The lowest BCUT2D eigenvalue weighted by Crippen LogP contribution is -1.92. The number of benzene rings is 1. The van der Waals surface area contributed by atoms with E-state index in [-0.39, 0.29) is 0 Å². The Labute approximate surface area is 103 Å². The maximum atomic E-state index is 4.40. The number of aromatic nitrogens is 2. The molecule has 0 radical (unpaired) electrons. The van der Waals surface area contributed by atoms with E-state index in [0.29, 0.717) is 0 Å². The number of aryl methyl sites for hydroxylation is 1. The fraction of sp³-hybridized carbons (Fsp3) is 0.400. The zero-order chi connectivity index (χ0) is 11.9. The van der Waals surface area contributed by atoms with Crippen LogP contribution >= 0.6 is 0 Å². The number of hydrogen-bond acceptors (Lipinski definition) is 1. The summed E-state index contributed by atoms with van der Waals surface area (Å²) in [6, 6.07) is 10.3. The van der Waals surface area contributed by atoms with E-state index in [0.717, 1.165) is 12.1 Å². The van der Waals surface area contributed by atoms with Crippen LogP contribution in [0.1, 0.15) is 38.2 Å². The van der Waals surface area contributed by atoms with Gasteiger partial charge in [-0.25, -0.2) is 4.68 Å². The zero-order valence-corrected chi connectivity index (χ0v) is 10.5. The molecule has 1 aromatic carbocycles. The van der Waals surface area contributed by atoms with Gasteiger partial charge in [0.05, 0.1) is 11.9 Å². The van der Waals surface area contributed by atoms with Crippen molar-refractivity contribution in [2.24, 2.45) is 0 Å². The van der Waals surface area contributed by atoms with Crippen LogP contribution in [-0.2, 0) is 6.42 Å². The zero-order valence-electron chi connectivity index (χ0n) is 10.5. The van der Waals surface area contributed by atoms with E-state index in [4.69, 9.17) is 0 Å². The van der Waals surface area contributed by atoms with Crippen molar-refractivity contribution in [1.29, 1.82) is 0 Å². The van der Waals surface area contributed by atoms with Crippen molar-refractivity contribution < 1.29 is 0 Å². The topological polar surface area (TPSA) is 17.8 Å². The Morgan fingerprint density at radius 3 is 2.65 bits per heavy atom. The van der Waals surface area contributed by atoms with Crippen LogP contribution in [0.4, 0.5) is 0 Å². The smallest absolute Gasteiger partial charge is 0.0645 e. The largest absolute Gasteiger partial charge is 0.241 e. The summed E-state index contributed by atoms with van der Waals surface area (Å²) in [6.07, 6.45) is 10.5. The van der Waals surface area contributed by atoms with E-state index < -0.39 is 0 Å². The second kappa shape index (κ2) is 6.24. The molecule has 0 aliphatic rings. The molecule has 1 heterocycles. The normalized spacial score (nSPS) is 10.6. The van der Waals surface area contributed by atoms with Crippen molar-refractivity contribution in [3.05, 3.63) is 48.3 Å². The molecule has 0 aliphatic carbocycles. The average molecular weight is 228 g/mol. The highest BCUT2D eigenvalue weighted by atomic mass is 15.3. The molecule has 2 nitrogen and oxygen atoms in total. The van der Waals surface area contributed by atoms with Crippen molar-refractivity contribution in [2.75, 3.05) is 0 Å². The molecule has 0 saturated heterocycles. The maximum absolute atomic E-state index is 4.40. The second-order valence-corrected chi connectivity index (χ2v) is 4.44. The van der Waals surface area contributed by atoms with Gasteiger partial charge in [0.15, 0.2) is 0 Å². The monoisotopic (exact) mass is 228 g/mol. The van der Waals surface area contributed by atoms with Crippen molar-refractivity contribution in [3.63, 3.8) is 0 Å². The highest BCUT2D eigenvalue weighted by Crippen LogP contribution is 2.10. The molecular formula is C15H20N2. The van der Waals surface area contributed by atoms with Gasteiger partial charge in [-0.15, -0.1) is 0 Å². The quantitative estimate of drug-likeness (QED) is 0.683. The molecule has 0 N–H and O–H groups in total. The van der Waals surface area contributed by atoms with Gasteiger partial charge < -0.3 is 0 Å². The summed E-state index contributed by atoms with van der Waals surface area (Å²) < 4.78 is 1.95. The molecular weight excluding hydrogens is 208 g/mol. The molecule has 0 amide bonds. The molecule has 0 fully saturated rings. The Balaban J connectivity index is 1.92. The highest BCUT2D eigenvalue weighted by Gasteiger charge is 2.00. The van der Waals surface area contributed by atoms with E-state index in [9.17, 15) is 0 Å². The fourth-order valence-corrected chi connectivity index (χ4v) is 1.97. The van der Waals surface area contributed by atoms with Gasteiger partial charge in [0.25, 0.3) is 0 Å². The third kappa shape index (κ3) is 3.45. The van der Waals surface area contributed by atoms with Gasteiger partial charge in [-0.3, -0.25) is 0 Å². The molecule has 0 bridgehead atoms. The first-order valence-corrected chi connectivity index (χ1v) is 6.49. The third-order valence-electron chi connectivity index (χ3n) is 2.98. The van der Waals surface area contributed by atoms with Crippen LogP contribution in [0, 0.1) is 0 Å². The summed E-state index contributed by atoms with van der Waals surface area (Å²) in [5.74, 6) is 0. The first-order valence-electron chi connectivity index (χ1n) is 6.49. The maximum Gasteiger partial charge on any atom is 0.0645 e. The van der Waals surface area contributed by atoms with Gasteiger partial charge in [0.2, 0.25) is 0 Å². The standard InChI is InChI=1S/C15H20N2/c1-2-3-4-6-9-14-12-16-17(13-14)15-10-7-5-8-11-15/h5,7-8,10-13H,2-4,6,9H2,1H3. The highest BCUT2D eigenvalue weighted by molar-refractivity contribution is 5.30. The summed E-state index contributed by atoms with van der Waals surface area (Å²) in [6.45, 7) is 2.24.